The van der Waals surface area contributed by atoms with E-state index in [-0.39, 0.29) is 16.9 Å². The smallest absolute Gasteiger partial charge is 0.358 e. The average Bonchev–Trinajstić information content (AvgIpc) is 3.15. The first-order valence-corrected chi connectivity index (χ1v) is 10.5. The fraction of sp³-hybridized carbons (Fsp3) is 0.304. The van der Waals surface area contributed by atoms with Crippen LogP contribution >= 0.6 is 11.6 Å². The summed E-state index contributed by atoms with van der Waals surface area (Å²) in [4.78, 5) is 26.1. The minimum atomic E-state index is -0.549. The fourth-order valence-corrected chi connectivity index (χ4v) is 4.01. The van der Waals surface area contributed by atoms with E-state index in [9.17, 15) is 4.79 Å². The second kappa shape index (κ2) is 8.15. The molecule has 160 valence electrons. The van der Waals surface area contributed by atoms with Gasteiger partial charge in [-0.15, -0.1) is 0 Å². The van der Waals surface area contributed by atoms with Crippen molar-refractivity contribution in [3.05, 3.63) is 64.0 Å². The summed E-state index contributed by atoms with van der Waals surface area (Å²) in [5.74, 6) is 0.399. The number of rotatable bonds is 5. The Hall–Kier alpha value is -3.19. The van der Waals surface area contributed by atoms with Gasteiger partial charge < -0.3 is 10.1 Å². The topological polar surface area (TPSA) is 81.4 Å². The summed E-state index contributed by atoms with van der Waals surface area (Å²) in [6.07, 6.45) is 2.80. The number of aryl methyl sites for hydroxylation is 3. The normalized spacial score (nSPS) is 12.3. The van der Waals surface area contributed by atoms with Crippen molar-refractivity contribution in [2.45, 2.75) is 40.2 Å². The number of hydrogen-bond acceptors (Lipinski definition) is 6. The number of hydrogen-bond donors (Lipinski definition) is 1. The molecule has 0 saturated heterocycles. The fourth-order valence-electron chi connectivity index (χ4n) is 3.86. The number of nitrogens with zero attached hydrogens (tertiary/aromatic N) is 4. The van der Waals surface area contributed by atoms with Crippen molar-refractivity contribution >= 4 is 39.8 Å². The number of imidazole rings is 1. The highest BCUT2D eigenvalue weighted by atomic mass is 35.5. The van der Waals surface area contributed by atoms with Crippen LogP contribution in [0.5, 0.6) is 0 Å². The lowest BCUT2D eigenvalue weighted by atomic mass is 10.0. The first-order valence-electron chi connectivity index (χ1n) is 10.1. The van der Waals surface area contributed by atoms with E-state index in [1.165, 1.54) is 7.11 Å². The molecular weight excluding hydrogens is 414 g/mol. The van der Waals surface area contributed by atoms with Crippen molar-refractivity contribution < 1.29 is 9.53 Å². The van der Waals surface area contributed by atoms with Gasteiger partial charge in [-0.1, -0.05) is 24.6 Å². The van der Waals surface area contributed by atoms with Crippen LogP contribution in [0.4, 0.5) is 5.69 Å². The van der Waals surface area contributed by atoms with Gasteiger partial charge in [0.05, 0.1) is 30.0 Å². The third-order valence-corrected chi connectivity index (χ3v) is 5.48. The van der Waals surface area contributed by atoms with Crippen LogP contribution in [0.15, 0.2) is 30.5 Å². The number of carbonyl (C=O) groups excluding carboxylic acids is 1. The Morgan fingerprint density at radius 1 is 1.23 bits per heavy atom. The van der Waals surface area contributed by atoms with Gasteiger partial charge in [0.2, 0.25) is 0 Å². The van der Waals surface area contributed by atoms with Gasteiger partial charge >= 0.3 is 5.97 Å². The molecule has 4 aromatic rings. The SMILES string of the molecule is CCc1nc2c(C(C)Nc3ccc(Cl)nc3C(=O)OC)cc(C)cc2c2nc(C)cn12. The number of halogens is 1. The van der Waals surface area contributed by atoms with E-state index in [0.717, 1.165) is 45.6 Å². The quantitative estimate of drug-likeness (QED) is 0.346. The highest BCUT2D eigenvalue weighted by molar-refractivity contribution is 6.29. The molecule has 0 saturated carbocycles. The van der Waals surface area contributed by atoms with Gasteiger partial charge in [0.1, 0.15) is 16.6 Å². The molecule has 0 amide bonds. The molecule has 4 rings (SSSR count). The second-order valence-electron chi connectivity index (χ2n) is 7.60. The standard InChI is InChI=1S/C23H24ClN5O2/c1-6-19-28-20-15(9-12(2)10-16(20)22-25-13(3)11-29(19)22)14(4)26-17-7-8-18(24)27-21(17)23(30)31-5/h7-11,14,26H,6H2,1-5H3. The molecule has 1 N–H and O–H groups in total. The van der Waals surface area contributed by atoms with Gasteiger partial charge in [-0.3, -0.25) is 4.40 Å². The molecule has 1 unspecified atom stereocenters. The van der Waals surface area contributed by atoms with Crippen molar-refractivity contribution in [3.8, 4) is 0 Å². The zero-order valence-electron chi connectivity index (χ0n) is 18.2. The molecule has 31 heavy (non-hydrogen) atoms. The molecule has 0 radical (unpaired) electrons. The molecule has 1 atom stereocenters. The van der Waals surface area contributed by atoms with Crippen LogP contribution in [0.1, 0.15) is 53.0 Å². The number of benzene rings is 1. The summed E-state index contributed by atoms with van der Waals surface area (Å²) >= 11 is 6.00. The molecule has 3 aromatic heterocycles. The monoisotopic (exact) mass is 437 g/mol. The zero-order valence-corrected chi connectivity index (χ0v) is 18.9. The number of nitrogens with one attached hydrogen (secondary N) is 1. The Labute approximate surface area is 185 Å². The van der Waals surface area contributed by atoms with Gasteiger partial charge in [0, 0.05) is 23.6 Å². The van der Waals surface area contributed by atoms with Crippen LogP contribution in [0, 0.1) is 13.8 Å². The Morgan fingerprint density at radius 3 is 2.71 bits per heavy atom. The molecule has 1 aromatic carbocycles. The Bertz CT molecular complexity index is 1310. The number of esters is 1. The zero-order chi connectivity index (χ0) is 22.3. The van der Waals surface area contributed by atoms with E-state index in [4.69, 9.17) is 26.3 Å². The molecule has 0 spiro atoms. The van der Waals surface area contributed by atoms with Gasteiger partial charge in [-0.2, -0.15) is 0 Å². The third-order valence-electron chi connectivity index (χ3n) is 5.26. The Kier molecular flexibility index (Phi) is 5.54. The van der Waals surface area contributed by atoms with Crippen LogP contribution in [-0.2, 0) is 11.2 Å². The number of methoxy groups -OCH3 is 1. The summed E-state index contributed by atoms with van der Waals surface area (Å²) in [5.41, 5.74) is 5.56. The summed E-state index contributed by atoms with van der Waals surface area (Å²) in [7, 11) is 1.32. The number of anilines is 1. The molecular formula is C23H24ClN5O2. The van der Waals surface area contributed by atoms with Crippen LogP contribution in [0.3, 0.4) is 0 Å². The van der Waals surface area contributed by atoms with E-state index in [1.807, 2.05) is 20.0 Å². The van der Waals surface area contributed by atoms with E-state index in [2.05, 4.69) is 40.7 Å². The van der Waals surface area contributed by atoms with E-state index >= 15 is 0 Å². The van der Waals surface area contributed by atoms with Crippen LogP contribution in [0.2, 0.25) is 5.15 Å². The molecule has 0 fully saturated rings. The number of aromatic nitrogens is 4. The first-order chi connectivity index (χ1) is 14.8. The molecule has 0 aliphatic rings. The average molecular weight is 438 g/mol. The summed E-state index contributed by atoms with van der Waals surface area (Å²) in [6.45, 7) is 8.15. The lowest BCUT2D eigenvalue weighted by Gasteiger charge is -2.20. The van der Waals surface area contributed by atoms with Crippen molar-refractivity contribution in [1.82, 2.24) is 19.4 Å². The van der Waals surface area contributed by atoms with Crippen LogP contribution in [-0.4, -0.2) is 32.4 Å². The predicted molar refractivity (Wildman–Crippen MR) is 122 cm³/mol. The van der Waals surface area contributed by atoms with Gasteiger partial charge in [-0.25, -0.2) is 19.7 Å². The number of fused-ring (bicyclic) bond motifs is 3. The predicted octanol–water partition coefficient (Wildman–Crippen LogP) is 5.07. The largest absolute Gasteiger partial charge is 0.464 e. The van der Waals surface area contributed by atoms with Crippen molar-refractivity contribution in [2.24, 2.45) is 0 Å². The maximum Gasteiger partial charge on any atom is 0.358 e. The highest BCUT2D eigenvalue weighted by Crippen LogP contribution is 2.31. The third kappa shape index (κ3) is 3.81. The molecule has 8 heteroatoms. The number of ether oxygens (including phenoxy) is 1. The Balaban J connectivity index is 1.87. The van der Waals surface area contributed by atoms with Crippen molar-refractivity contribution in [2.75, 3.05) is 12.4 Å². The van der Waals surface area contributed by atoms with Crippen LogP contribution in [0.25, 0.3) is 16.6 Å². The lowest BCUT2D eigenvalue weighted by Crippen LogP contribution is -2.14. The van der Waals surface area contributed by atoms with Gasteiger partial charge in [0.15, 0.2) is 5.69 Å². The molecule has 3 heterocycles. The van der Waals surface area contributed by atoms with E-state index < -0.39 is 5.97 Å². The number of pyridine rings is 1. The maximum absolute atomic E-state index is 12.2. The summed E-state index contributed by atoms with van der Waals surface area (Å²) in [5, 5.41) is 4.61. The lowest BCUT2D eigenvalue weighted by molar-refractivity contribution is 0.0595. The number of carbonyl (C=O) groups is 1. The summed E-state index contributed by atoms with van der Waals surface area (Å²) in [6, 6.07) is 7.44. The molecule has 0 aliphatic carbocycles. The Morgan fingerprint density at radius 2 is 2.00 bits per heavy atom. The van der Waals surface area contributed by atoms with Crippen LogP contribution < -0.4 is 5.32 Å². The first kappa shape index (κ1) is 21.1. The minimum absolute atomic E-state index is 0.146. The van der Waals surface area contributed by atoms with Crippen molar-refractivity contribution in [1.29, 1.82) is 0 Å². The van der Waals surface area contributed by atoms with Gasteiger partial charge in [-0.05, 0) is 44.5 Å². The second-order valence-corrected chi connectivity index (χ2v) is 7.98. The maximum atomic E-state index is 12.2. The molecule has 0 bridgehead atoms. The minimum Gasteiger partial charge on any atom is -0.464 e. The van der Waals surface area contributed by atoms with Gasteiger partial charge in [0.25, 0.3) is 0 Å². The van der Waals surface area contributed by atoms with Crippen molar-refractivity contribution in [3.63, 3.8) is 0 Å². The molecule has 7 nitrogen and oxygen atoms in total. The van der Waals surface area contributed by atoms with E-state index in [1.54, 1.807) is 12.1 Å². The summed E-state index contributed by atoms with van der Waals surface area (Å²) < 4.78 is 6.93. The molecule has 0 aliphatic heterocycles. The highest BCUT2D eigenvalue weighted by Gasteiger charge is 2.20. The van der Waals surface area contributed by atoms with E-state index in [0.29, 0.717) is 5.69 Å².